The molecule has 2 aliphatic heterocycles. The van der Waals surface area contributed by atoms with Crippen LogP contribution in [0.2, 0.25) is 0 Å². The lowest BCUT2D eigenvalue weighted by atomic mass is 9.94. The molecule has 20 heavy (non-hydrogen) atoms. The van der Waals surface area contributed by atoms with Crippen LogP contribution in [-0.4, -0.2) is 74.9 Å². The van der Waals surface area contributed by atoms with Gasteiger partial charge in [0.2, 0.25) is 0 Å². The third kappa shape index (κ3) is 5.32. The van der Waals surface area contributed by atoms with Gasteiger partial charge in [-0.05, 0) is 65.7 Å². The summed E-state index contributed by atoms with van der Waals surface area (Å²) in [6.07, 6.45) is 4.45. The second-order valence-electron chi connectivity index (χ2n) is 6.83. The first-order valence-corrected chi connectivity index (χ1v) is 8.40. The molecule has 0 aromatic heterocycles. The number of nitrogens with zero attached hydrogens (tertiary/aromatic N) is 2. The minimum Gasteiger partial charge on any atom is -0.374 e. The Morgan fingerprint density at radius 1 is 1.30 bits per heavy atom. The highest BCUT2D eigenvalue weighted by Crippen LogP contribution is 2.16. The van der Waals surface area contributed by atoms with E-state index in [1.165, 1.54) is 38.9 Å². The zero-order valence-electron chi connectivity index (χ0n) is 13.6. The standard InChI is InChI=1S/C16H33N3O/c1-14(2)19-10-11-20-16(13-19)12-18(3)9-6-15-4-7-17-8-5-15/h14-17H,4-13H2,1-3H3. The average Bonchev–Trinajstić information content (AvgIpc) is 2.46. The normalized spacial score (nSPS) is 26.6. The zero-order chi connectivity index (χ0) is 14.4. The number of morpholine rings is 1. The summed E-state index contributed by atoms with van der Waals surface area (Å²) in [5.41, 5.74) is 0. The van der Waals surface area contributed by atoms with Crippen molar-refractivity contribution >= 4 is 0 Å². The van der Waals surface area contributed by atoms with Gasteiger partial charge in [0.05, 0.1) is 12.7 Å². The molecule has 4 nitrogen and oxygen atoms in total. The van der Waals surface area contributed by atoms with E-state index in [1.54, 1.807) is 0 Å². The SMILES string of the molecule is CC(C)N1CCOC(CN(C)CCC2CCNCC2)C1. The Kier molecular flexibility index (Phi) is 6.75. The Morgan fingerprint density at radius 2 is 2.05 bits per heavy atom. The summed E-state index contributed by atoms with van der Waals surface area (Å²) in [5.74, 6) is 0.929. The Labute approximate surface area is 124 Å². The number of piperidine rings is 1. The fraction of sp³-hybridized carbons (Fsp3) is 1.00. The van der Waals surface area contributed by atoms with Crippen LogP contribution in [0.25, 0.3) is 0 Å². The van der Waals surface area contributed by atoms with Crippen molar-refractivity contribution in [1.82, 2.24) is 15.1 Å². The van der Waals surface area contributed by atoms with Gasteiger partial charge in [0.15, 0.2) is 0 Å². The summed E-state index contributed by atoms with van der Waals surface area (Å²) < 4.78 is 5.93. The summed E-state index contributed by atoms with van der Waals surface area (Å²) >= 11 is 0. The molecule has 0 saturated carbocycles. The fourth-order valence-electron chi connectivity index (χ4n) is 3.33. The maximum atomic E-state index is 5.93. The van der Waals surface area contributed by atoms with Crippen LogP contribution < -0.4 is 5.32 Å². The molecule has 0 aliphatic carbocycles. The van der Waals surface area contributed by atoms with Gasteiger partial charge in [0.1, 0.15) is 0 Å². The monoisotopic (exact) mass is 283 g/mol. The summed E-state index contributed by atoms with van der Waals surface area (Å²) in [5, 5.41) is 3.44. The first-order valence-electron chi connectivity index (χ1n) is 8.40. The van der Waals surface area contributed by atoms with E-state index in [2.05, 4.69) is 36.0 Å². The molecule has 118 valence electrons. The van der Waals surface area contributed by atoms with Crippen molar-refractivity contribution in [2.75, 3.05) is 52.9 Å². The van der Waals surface area contributed by atoms with E-state index in [0.717, 1.165) is 32.2 Å². The van der Waals surface area contributed by atoms with Gasteiger partial charge in [-0.15, -0.1) is 0 Å². The van der Waals surface area contributed by atoms with Crippen LogP contribution in [0.15, 0.2) is 0 Å². The van der Waals surface area contributed by atoms with Crippen LogP contribution in [0.1, 0.15) is 33.1 Å². The van der Waals surface area contributed by atoms with Gasteiger partial charge in [-0.25, -0.2) is 0 Å². The summed E-state index contributed by atoms with van der Waals surface area (Å²) in [7, 11) is 2.25. The molecule has 1 N–H and O–H groups in total. The van der Waals surface area contributed by atoms with Gasteiger partial charge >= 0.3 is 0 Å². The third-order valence-corrected chi connectivity index (χ3v) is 4.79. The topological polar surface area (TPSA) is 27.7 Å². The van der Waals surface area contributed by atoms with E-state index in [-0.39, 0.29) is 0 Å². The third-order valence-electron chi connectivity index (χ3n) is 4.79. The Morgan fingerprint density at radius 3 is 2.75 bits per heavy atom. The highest BCUT2D eigenvalue weighted by atomic mass is 16.5. The highest BCUT2D eigenvalue weighted by molar-refractivity contribution is 4.77. The van der Waals surface area contributed by atoms with E-state index in [9.17, 15) is 0 Å². The smallest absolute Gasteiger partial charge is 0.0829 e. The first-order chi connectivity index (χ1) is 9.65. The number of hydrogen-bond donors (Lipinski definition) is 1. The zero-order valence-corrected chi connectivity index (χ0v) is 13.6. The van der Waals surface area contributed by atoms with Crippen molar-refractivity contribution in [3.63, 3.8) is 0 Å². The van der Waals surface area contributed by atoms with Crippen LogP contribution in [0, 0.1) is 5.92 Å². The van der Waals surface area contributed by atoms with Crippen molar-refractivity contribution < 1.29 is 4.74 Å². The van der Waals surface area contributed by atoms with Crippen molar-refractivity contribution in [3.8, 4) is 0 Å². The quantitative estimate of drug-likeness (QED) is 0.798. The van der Waals surface area contributed by atoms with E-state index >= 15 is 0 Å². The molecule has 2 saturated heterocycles. The molecule has 0 amide bonds. The first kappa shape index (κ1) is 16.2. The maximum absolute atomic E-state index is 5.93. The molecule has 2 heterocycles. The van der Waals surface area contributed by atoms with Crippen LogP contribution in [-0.2, 0) is 4.74 Å². The second-order valence-corrected chi connectivity index (χ2v) is 6.83. The van der Waals surface area contributed by atoms with Gasteiger partial charge in [-0.1, -0.05) is 0 Å². The van der Waals surface area contributed by atoms with Crippen LogP contribution in [0.3, 0.4) is 0 Å². The maximum Gasteiger partial charge on any atom is 0.0829 e. The Bertz CT molecular complexity index is 266. The lowest BCUT2D eigenvalue weighted by molar-refractivity contribution is -0.0499. The van der Waals surface area contributed by atoms with Gasteiger partial charge < -0.3 is 15.0 Å². The van der Waals surface area contributed by atoms with Crippen LogP contribution >= 0.6 is 0 Å². The molecule has 2 aliphatic rings. The van der Waals surface area contributed by atoms with Crippen molar-refractivity contribution in [2.24, 2.45) is 5.92 Å². The van der Waals surface area contributed by atoms with Gasteiger partial charge in [0.25, 0.3) is 0 Å². The molecular weight excluding hydrogens is 250 g/mol. The molecular formula is C16H33N3O. The van der Waals surface area contributed by atoms with E-state index in [4.69, 9.17) is 4.74 Å². The van der Waals surface area contributed by atoms with E-state index < -0.39 is 0 Å². The molecule has 2 rings (SSSR count). The number of likely N-dealkylation sites (N-methyl/N-ethyl adjacent to an activating group) is 1. The fourth-order valence-corrected chi connectivity index (χ4v) is 3.33. The summed E-state index contributed by atoms with van der Waals surface area (Å²) in [6.45, 7) is 12.4. The Balaban J connectivity index is 1.64. The number of ether oxygens (including phenoxy) is 1. The molecule has 1 unspecified atom stereocenters. The van der Waals surface area contributed by atoms with Crippen LogP contribution in [0.5, 0.6) is 0 Å². The van der Waals surface area contributed by atoms with E-state index in [1.807, 2.05) is 0 Å². The predicted molar refractivity (Wildman–Crippen MR) is 84.2 cm³/mol. The minimum absolute atomic E-state index is 0.393. The molecule has 0 aromatic rings. The molecule has 0 spiro atoms. The van der Waals surface area contributed by atoms with Gasteiger partial charge in [0, 0.05) is 25.7 Å². The van der Waals surface area contributed by atoms with E-state index in [0.29, 0.717) is 12.1 Å². The van der Waals surface area contributed by atoms with Crippen molar-refractivity contribution in [3.05, 3.63) is 0 Å². The minimum atomic E-state index is 0.393. The predicted octanol–water partition coefficient (Wildman–Crippen LogP) is 1.42. The highest BCUT2D eigenvalue weighted by Gasteiger charge is 2.23. The molecule has 4 heteroatoms. The molecule has 2 fully saturated rings. The number of rotatable bonds is 6. The second kappa shape index (κ2) is 8.32. The van der Waals surface area contributed by atoms with Crippen molar-refractivity contribution in [1.29, 1.82) is 0 Å². The van der Waals surface area contributed by atoms with Crippen LogP contribution in [0.4, 0.5) is 0 Å². The summed E-state index contributed by atoms with van der Waals surface area (Å²) in [4.78, 5) is 5.01. The summed E-state index contributed by atoms with van der Waals surface area (Å²) in [6, 6.07) is 0.640. The average molecular weight is 283 g/mol. The molecule has 0 bridgehead atoms. The molecule has 1 atom stereocenters. The molecule has 0 aromatic carbocycles. The lowest BCUT2D eigenvalue weighted by Crippen LogP contribution is -2.49. The largest absolute Gasteiger partial charge is 0.374 e. The molecule has 0 radical (unpaired) electrons. The van der Waals surface area contributed by atoms with Gasteiger partial charge in [-0.2, -0.15) is 0 Å². The number of nitrogens with one attached hydrogen (secondary N) is 1. The number of hydrogen-bond acceptors (Lipinski definition) is 4. The Hall–Kier alpha value is -0.160. The van der Waals surface area contributed by atoms with Crippen molar-refractivity contribution in [2.45, 2.75) is 45.3 Å². The van der Waals surface area contributed by atoms with Gasteiger partial charge in [-0.3, -0.25) is 4.90 Å². The lowest BCUT2D eigenvalue weighted by Gasteiger charge is -2.37.